The van der Waals surface area contributed by atoms with Crippen molar-refractivity contribution in [2.45, 2.75) is 12.9 Å². The quantitative estimate of drug-likeness (QED) is 0.727. The number of aromatic nitrogens is 2. The second-order valence-electron chi connectivity index (χ2n) is 5.38. The fourth-order valence-electron chi connectivity index (χ4n) is 2.30. The number of hydrogen-bond donors (Lipinski definition) is 1. The third-order valence-corrected chi connectivity index (χ3v) is 4.42. The first kappa shape index (κ1) is 18.0. The molecule has 0 unspecified atom stereocenters. The van der Waals surface area contributed by atoms with Crippen LogP contribution in [0.1, 0.15) is 16.1 Å². The largest absolute Gasteiger partial charge is 0.573 e. The molecule has 0 spiro atoms. The highest BCUT2D eigenvalue weighted by atomic mass is 32.1. The fraction of sp³-hybridized carbons (Fsp3) is 0.176. The molecule has 0 fully saturated rings. The van der Waals surface area contributed by atoms with E-state index in [1.54, 1.807) is 23.1 Å². The average Bonchev–Trinajstić information content (AvgIpc) is 3.21. The van der Waals surface area contributed by atoms with Crippen molar-refractivity contribution in [3.05, 3.63) is 59.1 Å². The highest BCUT2D eigenvalue weighted by molar-refractivity contribution is 7.13. The summed E-state index contributed by atoms with van der Waals surface area (Å²) in [5, 5.41) is 9.08. The molecule has 0 radical (unpaired) electrons. The molecular weight excluding hydrogens is 367 g/mol. The van der Waals surface area contributed by atoms with Crippen molar-refractivity contribution in [2.24, 2.45) is 7.05 Å². The standard InChI is InChI=1S/C17H14F3N3O2S/c1-23-12(9-14(22-23)15-3-2-8-26-15)10-21-16(24)11-4-6-13(7-5-11)25-17(18,19)20/h2-9H,10H2,1H3,(H,21,24). The maximum atomic E-state index is 12.2. The van der Waals surface area contributed by atoms with Gasteiger partial charge in [-0.3, -0.25) is 9.48 Å². The Morgan fingerprint density at radius 2 is 2.00 bits per heavy atom. The Hall–Kier alpha value is -2.81. The molecule has 5 nitrogen and oxygen atoms in total. The summed E-state index contributed by atoms with van der Waals surface area (Å²) in [7, 11) is 1.78. The zero-order valence-electron chi connectivity index (χ0n) is 13.6. The molecule has 3 aromatic rings. The maximum Gasteiger partial charge on any atom is 0.573 e. The molecule has 0 aliphatic rings. The van der Waals surface area contributed by atoms with Gasteiger partial charge < -0.3 is 10.1 Å². The van der Waals surface area contributed by atoms with Gasteiger partial charge in [-0.25, -0.2) is 0 Å². The van der Waals surface area contributed by atoms with Crippen molar-refractivity contribution in [2.75, 3.05) is 0 Å². The van der Waals surface area contributed by atoms with Gasteiger partial charge in [0, 0.05) is 12.6 Å². The molecule has 136 valence electrons. The highest BCUT2D eigenvalue weighted by Gasteiger charge is 2.31. The molecule has 0 bridgehead atoms. The van der Waals surface area contributed by atoms with Crippen LogP contribution in [0.5, 0.6) is 5.75 Å². The Morgan fingerprint density at radius 3 is 2.62 bits per heavy atom. The third-order valence-electron chi connectivity index (χ3n) is 3.53. The van der Waals surface area contributed by atoms with Crippen molar-refractivity contribution in [3.8, 4) is 16.3 Å². The van der Waals surface area contributed by atoms with Crippen LogP contribution in [0.2, 0.25) is 0 Å². The van der Waals surface area contributed by atoms with Crippen LogP contribution in [0.4, 0.5) is 13.2 Å². The van der Waals surface area contributed by atoms with E-state index < -0.39 is 12.3 Å². The van der Waals surface area contributed by atoms with E-state index >= 15 is 0 Å². The number of nitrogens with one attached hydrogen (secondary N) is 1. The van der Waals surface area contributed by atoms with E-state index in [4.69, 9.17) is 0 Å². The summed E-state index contributed by atoms with van der Waals surface area (Å²) in [4.78, 5) is 13.2. The van der Waals surface area contributed by atoms with Gasteiger partial charge in [-0.2, -0.15) is 5.10 Å². The fourth-order valence-corrected chi connectivity index (χ4v) is 2.98. The Kier molecular flexibility index (Phi) is 4.99. The topological polar surface area (TPSA) is 56.2 Å². The predicted octanol–water partition coefficient (Wildman–Crippen LogP) is 3.98. The molecule has 3 rings (SSSR count). The van der Waals surface area contributed by atoms with Crippen LogP contribution in [-0.4, -0.2) is 22.1 Å². The van der Waals surface area contributed by atoms with Crippen LogP contribution in [0.15, 0.2) is 47.8 Å². The number of amides is 1. The molecule has 0 saturated heterocycles. The van der Waals surface area contributed by atoms with Gasteiger partial charge >= 0.3 is 6.36 Å². The van der Waals surface area contributed by atoms with Gasteiger partial charge in [0.2, 0.25) is 0 Å². The number of nitrogens with zero attached hydrogens (tertiary/aromatic N) is 2. The molecule has 9 heteroatoms. The van der Waals surface area contributed by atoms with E-state index in [9.17, 15) is 18.0 Å². The Labute approximate surface area is 151 Å². The first-order chi connectivity index (χ1) is 12.3. The zero-order chi connectivity index (χ0) is 18.7. The minimum Gasteiger partial charge on any atom is -0.406 e. The number of halogens is 3. The molecular formula is C17H14F3N3O2S. The number of aryl methyl sites for hydroxylation is 1. The van der Waals surface area contributed by atoms with Gasteiger partial charge in [-0.15, -0.1) is 24.5 Å². The minimum atomic E-state index is -4.76. The molecule has 2 aromatic heterocycles. The van der Waals surface area contributed by atoms with Crippen LogP contribution >= 0.6 is 11.3 Å². The molecule has 2 heterocycles. The number of benzene rings is 1. The normalized spacial score (nSPS) is 11.4. The molecule has 0 aliphatic heterocycles. The lowest BCUT2D eigenvalue weighted by Gasteiger charge is -2.09. The molecule has 1 aromatic carbocycles. The van der Waals surface area contributed by atoms with Crippen molar-refractivity contribution in [1.82, 2.24) is 15.1 Å². The number of rotatable bonds is 5. The summed E-state index contributed by atoms with van der Waals surface area (Å²) in [5.41, 5.74) is 1.86. The van der Waals surface area contributed by atoms with Crippen molar-refractivity contribution < 1.29 is 22.7 Å². The maximum absolute atomic E-state index is 12.2. The van der Waals surface area contributed by atoms with Crippen LogP contribution in [0, 0.1) is 0 Å². The summed E-state index contributed by atoms with van der Waals surface area (Å²) >= 11 is 1.57. The first-order valence-electron chi connectivity index (χ1n) is 7.52. The number of carbonyl (C=O) groups excluding carboxylic acids is 1. The van der Waals surface area contributed by atoms with E-state index in [-0.39, 0.29) is 17.9 Å². The van der Waals surface area contributed by atoms with E-state index in [2.05, 4.69) is 15.2 Å². The third kappa shape index (κ3) is 4.42. The lowest BCUT2D eigenvalue weighted by atomic mass is 10.2. The predicted molar refractivity (Wildman–Crippen MR) is 90.8 cm³/mol. The van der Waals surface area contributed by atoms with Gasteiger partial charge in [0.25, 0.3) is 5.91 Å². The van der Waals surface area contributed by atoms with Crippen molar-refractivity contribution in [1.29, 1.82) is 0 Å². The number of hydrogen-bond acceptors (Lipinski definition) is 4. The lowest BCUT2D eigenvalue weighted by molar-refractivity contribution is -0.274. The number of ether oxygens (including phenoxy) is 1. The average molecular weight is 381 g/mol. The molecule has 0 aliphatic carbocycles. The highest BCUT2D eigenvalue weighted by Crippen LogP contribution is 2.24. The summed E-state index contributed by atoms with van der Waals surface area (Å²) < 4.78 is 41.9. The SMILES string of the molecule is Cn1nc(-c2cccs2)cc1CNC(=O)c1ccc(OC(F)(F)F)cc1. The van der Waals surface area contributed by atoms with Crippen LogP contribution in [0.3, 0.4) is 0 Å². The van der Waals surface area contributed by atoms with E-state index in [0.717, 1.165) is 28.4 Å². The summed E-state index contributed by atoms with van der Waals surface area (Å²) in [6, 6.07) is 10.5. The summed E-state index contributed by atoms with van der Waals surface area (Å²) in [5.74, 6) is -0.774. The number of thiophene rings is 1. The van der Waals surface area contributed by atoms with Gasteiger partial charge in [0.1, 0.15) is 11.4 Å². The molecule has 1 amide bonds. The monoisotopic (exact) mass is 381 g/mol. The first-order valence-corrected chi connectivity index (χ1v) is 8.40. The van der Waals surface area contributed by atoms with Gasteiger partial charge in [0.15, 0.2) is 0 Å². The number of carbonyl (C=O) groups is 1. The van der Waals surface area contributed by atoms with Gasteiger partial charge in [0.05, 0.1) is 17.1 Å². The van der Waals surface area contributed by atoms with Crippen molar-refractivity contribution in [3.63, 3.8) is 0 Å². The van der Waals surface area contributed by atoms with Crippen LogP contribution in [-0.2, 0) is 13.6 Å². The summed E-state index contributed by atoms with van der Waals surface area (Å²) in [6.45, 7) is 0.245. The molecule has 26 heavy (non-hydrogen) atoms. The van der Waals surface area contributed by atoms with Crippen LogP contribution in [0.25, 0.3) is 10.6 Å². The Morgan fingerprint density at radius 1 is 1.27 bits per heavy atom. The van der Waals surface area contributed by atoms with Gasteiger partial charge in [-0.1, -0.05) is 6.07 Å². The van der Waals surface area contributed by atoms with E-state index in [1.165, 1.54) is 12.1 Å². The molecule has 1 N–H and O–H groups in total. The van der Waals surface area contributed by atoms with Crippen molar-refractivity contribution >= 4 is 17.2 Å². The second-order valence-corrected chi connectivity index (χ2v) is 6.32. The number of alkyl halides is 3. The Bertz CT molecular complexity index is 887. The molecule has 0 atom stereocenters. The zero-order valence-corrected chi connectivity index (χ0v) is 14.4. The summed E-state index contributed by atoms with van der Waals surface area (Å²) in [6.07, 6.45) is -4.76. The van der Waals surface area contributed by atoms with E-state index in [0.29, 0.717) is 0 Å². The van der Waals surface area contributed by atoms with E-state index in [1.807, 2.05) is 23.6 Å². The molecule has 0 saturated carbocycles. The van der Waals surface area contributed by atoms with Crippen LogP contribution < -0.4 is 10.1 Å². The lowest BCUT2D eigenvalue weighted by Crippen LogP contribution is -2.24. The second kappa shape index (κ2) is 7.20. The Balaban J connectivity index is 1.62. The van der Waals surface area contributed by atoms with Gasteiger partial charge in [-0.05, 0) is 41.8 Å². The minimum absolute atomic E-state index is 0.236. The smallest absolute Gasteiger partial charge is 0.406 e.